The second-order valence-corrected chi connectivity index (χ2v) is 13.4. The lowest BCUT2D eigenvalue weighted by Crippen LogP contribution is -2.33. The van der Waals surface area contributed by atoms with Crippen LogP contribution in [0.1, 0.15) is 54.0 Å². The second-order valence-electron chi connectivity index (χ2n) is 13.4. The molecule has 20 nitrogen and oxygen atoms in total. The fourth-order valence-electron chi connectivity index (χ4n) is 6.96. The van der Waals surface area contributed by atoms with Crippen LogP contribution in [0, 0.1) is 6.08 Å². The summed E-state index contributed by atoms with van der Waals surface area (Å²) in [6, 6.07) is 0. The maximum Gasteiger partial charge on any atom is 0.302 e. The number of imidazole rings is 2. The van der Waals surface area contributed by atoms with Crippen molar-refractivity contribution in [3.8, 4) is 0 Å². The van der Waals surface area contributed by atoms with E-state index in [1.54, 1.807) is 32.3 Å². The van der Waals surface area contributed by atoms with Gasteiger partial charge in [0.2, 0.25) is 5.95 Å². The Morgan fingerprint density at radius 2 is 1.29 bits per heavy atom. The monoisotopic (exact) mass is 714 g/mol. The molecule has 4 aromatic rings. The maximum atomic E-state index is 16.0. The van der Waals surface area contributed by atoms with Gasteiger partial charge in [-0.1, -0.05) is 0 Å². The smallest absolute Gasteiger partial charge is 0.302 e. The minimum atomic E-state index is -1.09. The van der Waals surface area contributed by atoms with E-state index in [9.17, 15) is 9.59 Å². The van der Waals surface area contributed by atoms with Crippen molar-refractivity contribution < 1.29 is 51.9 Å². The third-order valence-corrected chi connectivity index (χ3v) is 8.83. The number of rotatable bonds is 8. The van der Waals surface area contributed by atoms with Gasteiger partial charge in [0.25, 0.3) is 6.08 Å². The molecule has 8 atom stereocenters. The Kier molecular flexibility index (Phi) is 7.84. The molecule has 4 fully saturated rings. The van der Waals surface area contributed by atoms with Gasteiger partial charge in [-0.05, 0) is 27.7 Å². The number of carbonyl (C=O) groups excluding carboxylic acids is 2. The van der Waals surface area contributed by atoms with Crippen molar-refractivity contribution in [2.24, 2.45) is 0 Å². The van der Waals surface area contributed by atoms with Crippen molar-refractivity contribution >= 4 is 51.9 Å². The van der Waals surface area contributed by atoms with E-state index in [-0.39, 0.29) is 53.1 Å². The van der Waals surface area contributed by atoms with Crippen LogP contribution in [-0.2, 0) is 47.5 Å². The molecule has 0 unspecified atom stereocenters. The van der Waals surface area contributed by atoms with Gasteiger partial charge in [0.1, 0.15) is 62.5 Å². The lowest BCUT2D eigenvalue weighted by atomic mass is 10.1. The summed E-state index contributed by atoms with van der Waals surface area (Å²) in [5.74, 6) is -2.75. The molecule has 8 heterocycles. The van der Waals surface area contributed by atoms with Gasteiger partial charge in [0.15, 0.2) is 58.0 Å². The van der Waals surface area contributed by atoms with Crippen LogP contribution in [0.15, 0.2) is 12.7 Å². The predicted molar refractivity (Wildman–Crippen MR) is 167 cm³/mol. The maximum absolute atomic E-state index is 16.0. The summed E-state index contributed by atoms with van der Waals surface area (Å²) in [6.45, 7) is 9.31. The van der Waals surface area contributed by atoms with E-state index in [4.69, 9.17) is 43.6 Å². The Hall–Kier alpha value is -4.67. The van der Waals surface area contributed by atoms with Crippen molar-refractivity contribution in [1.82, 2.24) is 39.0 Å². The number of nitrogen functional groups attached to an aromatic ring is 1. The molecule has 3 N–H and O–H groups in total. The van der Waals surface area contributed by atoms with Gasteiger partial charge < -0.3 is 48.9 Å². The number of nitrogens with two attached hydrogens (primary N) is 1. The molecule has 51 heavy (non-hydrogen) atoms. The molecule has 8 rings (SSSR count). The van der Waals surface area contributed by atoms with Gasteiger partial charge in [-0.3, -0.25) is 18.7 Å². The standard InChI is InChI=1S/C30H35FN10O10/c1-11(42)44-7-13-17-19(50-29(3,4)48-17)25(46-13)40-24-16(37-27(40)31)22(34-10-36-24)39-28-38-15-21(32)33-9-35-23(15)41(28)26-20-18(49-30(5,6)51-20)14(47-26)8-45-12(2)43/h9-10,13-14,17-20,25-26H,7-8H2,1-6H3,(H2,32,33,35)(H,34,36,38,39)/t13-,14-,17-,18-,19-,20-,25-,26-/m1/s1. The van der Waals surface area contributed by atoms with Crippen molar-refractivity contribution in [3.05, 3.63) is 18.7 Å². The zero-order chi connectivity index (χ0) is 36.0. The highest BCUT2D eigenvalue weighted by Gasteiger charge is 2.58. The fraction of sp³-hybridized carbons (Fsp3) is 0.600. The first-order valence-corrected chi connectivity index (χ1v) is 16.1. The molecule has 0 aromatic carbocycles. The molecule has 0 amide bonds. The van der Waals surface area contributed by atoms with E-state index in [0.29, 0.717) is 0 Å². The van der Waals surface area contributed by atoms with Gasteiger partial charge >= 0.3 is 11.9 Å². The highest BCUT2D eigenvalue weighted by Crippen LogP contribution is 2.47. The van der Waals surface area contributed by atoms with Crippen LogP contribution in [0.25, 0.3) is 22.3 Å². The van der Waals surface area contributed by atoms with E-state index in [1.165, 1.54) is 26.5 Å². The van der Waals surface area contributed by atoms with Crippen LogP contribution in [0.5, 0.6) is 0 Å². The molecule has 0 spiro atoms. The molecule has 4 aliphatic heterocycles. The Morgan fingerprint density at radius 3 is 1.86 bits per heavy atom. The Balaban J connectivity index is 1.18. The molecule has 4 aromatic heterocycles. The summed E-state index contributed by atoms with van der Waals surface area (Å²) in [4.78, 5) is 49.3. The lowest BCUT2D eigenvalue weighted by Gasteiger charge is -2.25. The van der Waals surface area contributed by atoms with E-state index in [1.807, 2.05) is 0 Å². The number of nitrogens with one attached hydrogen (secondary N) is 1. The summed E-state index contributed by atoms with van der Waals surface area (Å²) in [5.41, 5.74) is 6.81. The number of halogens is 1. The molecular formula is C30H35FN10O10. The van der Waals surface area contributed by atoms with Gasteiger partial charge in [-0.25, -0.2) is 24.9 Å². The Labute approximate surface area is 288 Å². The number of aromatic nitrogens is 8. The van der Waals surface area contributed by atoms with E-state index in [2.05, 4.69) is 35.2 Å². The number of fused-ring (bicyclic) bond motifs is 4. The van der Waals surface area contributed by atoms with Crippen LogP contribution in [0.4, 0.5) is 22.0 Å². The molecule has 21 heteroatoms. The van der Waals surface area contributed by atoms with Crippen molar-refractivity contribution in [2.45, 2.75) is 102 Å². The average Bonchev–Trinajstić information content (AvgIpc) is 3.86. The first kappa shape index (κ1) is 33.5. The number of esters is 2. The van der Waals surface area contributed by atoms with E-state index in [0.717, 1.165) is 4.57 Å². The molecule has 0 saturated carbocycles. The van der Waals surface area contributed by atoms with Crippen LogP contribution >= 0.6 is 0 Å². The van der Waals surface area contributed by atoms with Crippen LogP contribution in [0.2, 0.25) is 0 Å². The summed E-state index contributed by atoms with van der Waals surface area (Å²) < 4.78 is 66.3. The first-order valence-electron chi connectivity index (χ1n) is 16.1. The molecule has 0 radical (unpaired) electrons. The number of hydrogen-bond acceptors (Lipinski definition) is 18. The molecule has 272 valence electrons. The third kappa shape index (κ3) is 5.78. The Morgan fingerprint density at radius 1 is 0.784 bits per heavy atom. The number of carbonyl (C=O) groups is 2. The SMILES string of the molecule is CC(=O)OC[C@H]1O[C@@H](n2c(F)nc3c(Nc4nc5c(N)ncnc5n4[C@@H]4O[C@H](COC(C)=O)[C@H]5OC(C)(C)O[C@H]54)ncnc32)[C@@H]2OC(C)(C)O[C@@H]21. The normalized spacial score (nSPS) is 30.5. The summed E-state index contributed by atoms with van der Waals surface area (Å²) >= 11 is 0. The zero-order valence-electron chi connectivity index (χ0n) is 28.3. The topological polar surface area (TPSA) is 233 Å². The van der Waals surface area contributed by atoms with Gasteiger partial charge in [0, 0.05) is 13.8 Å². The molecule has 4 saturated heterocycles. The minimum absolute atomic E-state index is 0.0222. The van der Waals surface area contributed by atoms with Crippen molar-refractivity contribution in [2.75, 3.05) is 24.3 Å². The van der Waals surface area contributed by atoms with E-state index >= 15 is 4.39 Å². The predicted octanol–water partition coefficient (Wildman–Crippen LogP) is 1.39. The molecule has 0 bridgehead atoms. The lowest BCUT2D eigenvalue weighted by molar-refractivity contribution is -0.203. The van der Waals surface area contributed by atoms with Crippen LogP contribution in [-0.4, -0.2) is 112 Å². The van der Waals surface area contributed by atoms with Crippen LogP contribution in [0.3, 0.4) is 0 Å². The van der Waals surface area contributed by atoms with Crippen LogP contribution < -0.4 is 11.1 Å². The highest BCUT2D eigenvalue weighted by molar-refractivity contribution is 5.88. The van der Waals surface area contributed by atoms with Crippen molar-refractivity contribution in [3.63, 3.8) is 0 Å². The fourth-order valence-corrected chi connectivity index (χ4v) is 6.96. The number of hydrogen-bond donors (Lipinski definition) is 2. The van der Waals surface area contributed by atoms with Gasteiger partial charge in [-0.15, -0.1) is 0 Å². The number of anilines is 3. The largest absolute Gasteiger partial charge is 0.463 e. The molecular weight excluding hydrogens is 679 g/mol. The zero-order valence-corrected chi connectivity index (χ0v) is 28.3. The first-order chi connectivity index (χ1) is 24.2. The minimum Gasteiger partial charge on any atom is -0.463 e. The van der Waals surface area contributed by atoms with E-state index < -0.39 is 78.7 Å². The van der Waals surface area contributed by atoms with Crippen molar-refractivity contribution in [1.29, 1.82) is 0 Å². The Bertz CT molecular complexity index is 2040. The molecule has 4 aliphatic rings. The quantitative estimate of drug-likeness (QED) is 0.194. The third-order valence-electron chi connectivity index (χ3n) is 8.83. The van der Waals surface area contributed by atoms with Gasteiger partial charge in [-0.2, -0.15) is 9.37 Å². The molecule has 0 aliphatic carbocycles. The van der Waals surface area contributed by atoms with Gasteiger partial charge in [0.05, 0.1) is 0 Å². The second kappa shape index (κ2) is 12.0. The number of nitrogens with zero attached hydrogens (tertiary/aromatic N) is 8. The number of ether oxygens (including phenoxy) is 8. The summed E-state index contributed by atoms with van der Waals surface area (Å²) in [5, 5.41) is 3.13. The summed E-state index contributed by atoms with van der Waals surface area (Å²) in [7, 11) is 0. The average molecular weight is 715 g/mol. The summed E-state index contributed by atoms with van der Waals surface area (Å²) in [6.07, 6.45) is -4.76. The highest BCUT2D eigenvalue weighted by atomic mass is 19.1.